The van der Waals surface area contributed by atoms with Gasteiger partial charge in [-0.1, -0.05) is 35.9 Å². The summed E-state index contributed by atoms with van der Waals surface area (Å²) >= 11 is 7.34. The fraction of sp³-hybridized carbons (Fsp3) is 0.188. The Morgan fingerprint density at radius 2 is 1.91 bits per heavy atom. The monoisotopic (exact) mass is 350 g/mol. The van der Waals surface area contributed by atoms with Crippen molar-refractivity contribution in [3.05, 3.63) is 74.8 Å². The smallest absolute Gasteiger partial charge is 0.269 e. The summed E-state index contributed by atoms with van der Waals surface area (Å²) < 4.78 is 0. The summed E-state index contributed by atoms with van der Waals surface area (Å²) in [6.07, 6.45) is 0. The van der Waals surface area contributed by atoms with Crippen LogP contribution in [0.25, 0.3) is 0 Å². The molecule has 0 aliphatic carbocycles. The van der Waals surface area contributed by atoms with Crippen molar-refractivity contribution in [2.24, 2.45) is 0 Å². The Hall–Kier alpha value is -2.05. The molecule has 1 N–H and O–H groups in total. The highest BCUT2D eigenvalue weighted by molar-refractivity contribution is 7.99. The Bertz CT molecular complexity index is 692. The second-order valence-corrected chi connectivity index (χ2v) is 6.25. The van der Waals surface area contributed by atoms with Crippen molar-refractivity contribution in [3.63, 3.8) is 0 Å². The van der Waals surface area contributed by atoms with Gasteiger partial charge in [0.25, 0.3) is 5.69 Å². The molecule has 1 amide bonds. The highest BCUT2D eigenvalue weighted by Crippen LogP contribution is 2.16. The molecular formula is C16H15ClN2O3S. The lowest BCUT2D eigenvalue weighted by Crippen LogP contribution is -2.24. The summed E-state index contributed by atoms with van der Waals surface area (Å²) in [7, 11) is 0. The van der Waals surface area contributed by atoms with E-state index in [0.717, 1.165) is 11.1 Å². The van der Waals surface area contributed by atoms with Gasteiger partial charge in [0.15, 0.2) is 0 Å². The number of nitrogens with zero attached hydrogens (tertiary/aromatic N) is 1. The first-order valence-electron chi connectivity index (χ1n) is 6.87. The molecule has 0 heterocycles. The summed E-state index contributed by atoms with van der Waals surface area (Å²) in [5.74, 6) is 0.900. The van der Waals surface area contributed by atoms with E-state index in [-0.39, 0.29) is 11.6 Å². The number of halogens is 1. The maximum Gasteiger partial charge on any atom is 0.269 e. The van der Waals surface area contributed by atoms with Gasteiger partial charge in [-0.15, -0.1) is 11.8 Å². The van der Waals surface area contributed by atoms with Crippen molar-refractivity contribution in [2.75, 3.05) is 5.75 Å². The van der Waals surface area contributed by atoms with E-state index < -0.39 is 4.92 Å². The van der Waals surface area contributed by atoms with E-state index >= 15 is 0 Å². The minimum absolute atomic E-state index is 0.0584. The van der Waals surface area contributed by atoms with E-state index in [0.29, 0.717) is 23.1 Å². The maximum atomic E-state index is 11.8. The van der Waals surface area contributed by atoms with Crippen LogP contribution in [0.15, 0.2) is 48.5 Å². The summed E-state index contributed by atoms with van der Waals surface area (Å²) in [6, 6.07) is 13.7. The predicted molar refractivity (Wildman–Crippen MR) is 92.6 cm³/mol. The predicted octanol–water partition coefficient (Wildman–Crippen LogP) is 3.80. The lowest BCUT2D eigenvalue weighted by molar-refractivity contribution is -0.384. The quantitative estimate of drug-likeness (QED) is 0.609. The molecule has 7 heteroatoms. The molecule has 0 fully saturated rings. The number of benzene rings is 2. The zero-order valence-electron chi connectivity index (χ0n) is 12.2. The number of nitrogens with one attached hydrogen (secondary N) is 1. The van der Waals surface area contributed by atoms with Gasteiger partial charge in [0, 0.05) is 29.5 Å². The SMILES string of the molecule is O=C(CSCc1ccc([N+](=O)[O-])cc1)NCc1cccc(Cl)c1. The zero-order chi connectivity index (χ0) is 16.7. The number of non-ortho nitro benzene ring substituents is 1. The van der Waals surface area contributed by atoms with Crippen LogP contribution in [0.1, 0.15) is 11.1 Å². The Morgan fingerprint density at radius 1 is 1.17 bits per heavy atom. The van der Waals surface area contributed by atoms with Crippen molar-refractivity contribution in [3.8, 4) is 0 Å². The molecule has 0 aliphatic rings. The van der Waals surface area contributed by atoms with Crippen LogP contribution in [-0.4, -0.2) is 16.6 Å². The summed E-state index contributed by atoms with van der Waals surface area (Å²) in [6.45, 7) is 0.442. The van der Waals surface area contributed by atoms with Gasteiger partial charge in [0.2, 0.25) is 5.91 Å². The molecule has 0 saturated heterocycles. The molecule has 0 aromatic heterocycles. The second kappa shape index (κ2) is 8.55. The van der Waals surface area contributed by atoms with Gasteiger partial charge in [-0.25, -0.2) is 0 Å². The molecule has 0 saturated carbocycles. The number of carbonyl (C=O) groups is 1. The van der Waals surface area contributed by atoms with Crippen molar-refractivity contribution >= 4 is 35.0 Å². The van der Waals surface area contributed by atoms with Gasteiger partial charge in [-0.05, 0) is 23.3 Å². The normalized spacial score (nSPS) is 10.3. The van der Waals surface area contributed by atoms with E-state index in [1.54, 1.807) is 18.2 Å². The number of rotatable bonds is 7. The van der Waals surface area contributed by atoms with E-state index in [1.165, 1.54) is 23.9 Å². The minimum atomic E-state index is -0.430. The molecule has 0 aliphatic heterocycles. The van der Waals surface area contributed by atoms with Crippen LogP contribution in [0, 0.1) is 10.1 Å². The maximum absolute atomic E-state index is 11.8. The van der Waals surface area contributed by atoms with Gasteiger partial charge in [-0.3, -0.25) is 14.9 Å². The minimum Gasteiger partial charge on any atom is -0.351 e. The Morgan fingerprint density at radius 3 is 2.57 bits per heavy atom. The fourth-order valence-corrected chi connectivity index (χ4v) is 2.90. The molecule has 2 aromatic carbocycles. The number of nitro groups is 1. The van der Waals surface area contributed by atoms with Gasteiger partial charge in [0.05, 0.1) is 10.7 Å². The molecule has 0 spiro atoms. The lowest BCUT2D eigenvalue weighted by atomic mass is 10.2. The van der Waals surface area contributed by atoms with Crippen molar-refractivity contribution in [1.29, 1.82) is 0 Å². The number of nitro benzene ring substituents is 1. The Labute approximate surface area is 143 Å². The van der Waals surface area contributed by atoms with Crippen LogP contribution >= 0.6 is 23.4 Å². The van der Waals surface area contributed by atoms with Crippen molar-refractivity contribution in [2.45, 2.75) is 12.3 Å². The molecule has 5 nitrogen and oxygen atoms in total. The number of thioether (sulfide) groups is 1. The second-order valence-electron chi connectivity index (χ2n) is 4.82. The van der Waals surface area contributed by atoms with Crippen LogP contribution in [0.2, 0.25) is 5.02 Å². The molecule has 2 rings (SSSR count). The van der Waals surface area contributed by atoms with E-state index in [4.69, 9.17) is 11.6 Å². The van der Waals surface area contributed by atoms with Gasteiger partial charge in [-0.2, -0.15) is 0 Å². The van der Waals surface area contributed by atoms with Crippen LogP contribution in [-0.2, 0) is 17.1 Å². The molecule has 2 aromatic rings. The van der Waals surface area contributed by atoms with Crippen LogP contribution in [0.5, 0.6) is 0 Å². The summed E-state index contributed by atoms with van der Waals surface area (Å²) in [5, 5.41) is 14.0. The first-order valence-corrected chi connectivity index (χ1v) is 8.40. The van der Waals surface area contributed by atoms with Crippen LogP contribution < -0.4 is 5.32 Å². The Balaban J connectivity index is 1.71. The molecule has 0 radical (unpaired) electrons. The largest absolute Gasteiger partial charge is 0.351 e. The van der Waals surface area contributed by atoms with E-state index in [9.17, 15) is 14.9 Å². The number of hydrogen-bond acceptors (Lipinski definition) is 4. The highest BCUT2D eigenvalue weighted by atomic mass is 35.5. The number of amides is 1. The molecule has 0 atom stereocenters. The van der Waals surface area contributed by atoms with Crippen LogP contribution in [0.3, 0.4) is 0 Å². The van der Waals surface area contributed by atoms with Gasteiger partial charge < -0.3 is 5.32 Å². The first kappa shape index (κ1) is 17.3. The molecular weight excluding hydrogens is 336 g/mol. The average molecular weight is 351 g/mol. The third-order valence-corrected chi connectivity index (χ3v) is 4.27. The van der Waals surface area contributed by atoms with Gasteiger partial charge >= 0.3 is 0 Å². The summed E-state index contributed by atoms with van der Waals surface area (Å²) in [5.41, 5.74) is 1.97. The highest BCUT2D eigenvalue weighted by Gasteiger charge is 2.05. The van der Waals surface area contributed by atoms with Crippen LogP contribution in [0.4, 0.5) is 5.69 Å². The molecule has 23 heavy (non-hydrogen) atoms. The summed E-state index contributed by atoms with van der Waals surface area (Å²) in [4.78, 5) is 21.9. The molecule has 120 valence electrons. The molecule has 0 bridgehead atoms. The number of hydrogen-bond donors (Lipinski definition) is 1. The van der Waals surface area contributed by atoms with E-state index in [2.05, 4.69) is 5.32 Å². The standard InChI is InChI=1S/C16H15ClN2O3S/c17-14-3-1-2-13(8-14)9-18-16(20)11-23-10-12-4-6-15(7-5-12)19(21)22/h1-8H,9-11H2,(H,18,20). The zero-order valence-corrected chi connectivity index (χ0v) is 13.8. The molecule has 0 unspecified atom stereocenters. The van der Waals surface area contributed by atoms with Gasteiger partial charge in [0.1, 0.15) is 0 Å². The van der Waals surface area contributed by atoms with Crippen molar-refractivity contribution < 1.29 is 9.72 Å². The Kier molecular flexibility index (Phi) is 6.43. The topological polar surface area (TPSA) is 72.2 Å². The average Bonchev–Trinajstić information content (AvgIpc) is 2.53. The lowest BCUT2D eigenvalue weighted by Gasteiger charge is -2.06. The van der Waals surface area contributed by atoms with E-state index in [1.807, 2.05) is 18.2 Å². The fourth-order valence-electron chi connectivity index (χ4n) is 1.87. The third-order valence-electron chi connectivity index (χ3n) is 3.03. The van der Waals surface area contributed by atoms with Crippen molar-refractivity contribution in [1.82, 2.24) is 5.32 Å². The first-order chi connectivity index (χ1) is 11.0. The third kappa shape index (κ3) is 5.92. The number of carbonyl (C=O) groups excluding carboxylic acids is 1.